The summed E-state index contributed by atoms with van der Waals surface area (Å²) in [5.41, 5.74) is 1.20. The van der Waals surface area contributed by atoms with Crippen molar-refractivity contribution in [3.63, 3.8) is 0 Å². The van der Waals surface area contributed by atoms with E-state index in [2.05, 4.69) is 4.98 Å². The van der Waals surface area contributed by atoms with Crippen molar-refractivity contribution in [2.45, 2.75) is 12.6 Å². The Balaban J connectivity index is 1.81. The minimum absolute atomic E-state index is 0.134. The third-order valence-corrected chi connectivity index (χ3v) is 7.28. The second-order valence-electron chi connectivity index (χ2n) is 7.82. The second-order valence-corrected chi connectivity index (χ2v) is 10.3. The first-order chi connectivity index (χ1) is 15.8. The molecule has 33 heavy (non-hydrogen) atoms. The summed E-state index contributed by atoms with van der Waals surface area (Å²) < 4.78 is 3.85. The molecule has 0 spiro atoms. The molecule has 6 nitrogen and oxygen atoms in total. The Hall–Kier alpha value is -2.58. The Kier molecular flexibility index (Phi) is 5.82. The van der Waals surface area contributed by atoms with Gasteiger partial charge in [-0.05, 0) is 29.3 Å². The number of fused-ring (bicyclic) bond motifs is 1. The lowest BCUT2D eigenvalue weighted by Gasteiger charge is -2.15. The van der Waals surface area contributed by atoms with Gasteiger partial charge in [0.25, 0.3) is 5.88 Å². The molecule has 4 aromatic rings. The highest BCUT2D eigenvalue weighted by molar-refractivity contribution is 7.15. The first-order valence-electron chi connectivity index (χ1n) is 10.1. The van der Waals surface area contributed by atoms with Crippen molar-refractivity contribution in [1.29, 1.82) is 0 Å². The predicted molar refractivity (Wildman–Crippen MR) is 132 cm³/mol. The smallest absolute Gasteiger partial charge is 0.366 e. The third-order valence-electron chi connectivity index (χ3n) is 5.63. The van der Waals surface area contributed by atoms with Crippen LogP contribution in [0.25, 0.3) is 11.1 Å². The monoisotopic (exact) mass is 519 g/mol. The number of nitrogens with zero attached hydrogens (tertiary/aromatic N) is 4. The molecule has 0 amide bonds. The summed E-state index contributed by atoms with van der Waals surface area (Å²) >= 11 is 19.9. The number of aromatic nitrogens is 3. The molecule has 2 aromatic carbocycles. The fourth-order valence-electron chi connectivity index (χ4n) is 4.26. The highest BCUT2D eigenvalue weighted by Gasteiger charge is 2.43. The maximum absolute atomic E-state index is 13.8. The fourth-order valence-corrected chi connectivity index (χ4v) is 5.82. The van der Waals surface area contributed by atoms with Gasteiger partial charge >= 0.3 is 11.5 Å². The zero-order valence-corrected chi connectivity index (χ0v) is 20.5. The number of hydrogen-bond acceptors (Lipinski definition) is 5. The Bertz CT molecular complexity index is 1400. The first-order valence-corrected chi connectivity index (χ1v) is 12.0. The van der Waals surface area contributed by atoms with Gasteiger partial charge in [-0.3, -0.25) is 4.90 Å². The lowest BCUT2D eigenvalue weighted by Crippen LogP contribution is -2.54. The van der Waals surface area contributed by atoms with Crippen molar-refractivity contribution in [1.82, 2.24) is 9.55 Å². The molecule has 1 aliphatic heterocycles. The summed E-state index contributed by atoms with van der Waals surface area (Å²) in [7, 11) is 1.89. The quantitative estimate of drug-likeness (QED) is 0.384. The van der Waals surface area contributed by atoms with Crippen molar-refractivity contribution in [3.8, 4) is 17.0 Å². The molecule has 0 fully saturated rings. The molecule has 10 heteroatoms. The number of likely N-dealkylation sites (N-methyl/N-ethyl adjacent to an activating group) is 1. The van der Waals surface area contributed by atoms with E-state index in [0.717, 1.165) is 10.4 Å². The Labute approximate surface area is 208 Å². The van der Waals surface area contributed by atoms with Crippen LogP contribution >= 0.6 is 46.1 Å². The van der Waals surface area contributed by atoms with Gasteiger partial charge in [0.2, 0.25) is 0 Å². The minimum atomic E-state index is -0.337. The molecule has 0 saturated carbocycles. The standard InChI is InChI=1S/C23H17Cl3N4O2S/c1-28-12-17(18-10-27-22(26)33-18)30-21(32)19(14-7-15(24)9-16(25)8-14)20(31)29(23(28)30)11-13-5-3-2-4-6-13/h2-10,17H,11-12H2,1H3/p+1. The zero-order chi connectivity index (χ0) is 23.3. The van der Waals surface area contributed by atoms with Gasteiger partial charge in [0.1, 0.15) is 18.7 Å². The van der Waals surface area contributed by atoms with E-state index in [1.807, 2.05) is 42.3 Å². The molecule has 1 unspecified atom stereocenters. The molecule has 2 aromatic heterocycles. The summed E-state index contributed by atoms with van der Waals surface area (Å²) in [5, 5.41) is 12.2. The van der Waals surface area contributed by atoms with Crippen LogP contribution in [0.2, 0.25) is 14.5 Å². The number of benzene rings is 2. The van der Waals surface area contributed by atoms with Crippen molar-refractivity contribution in [3.05, 3.63) is 90.0 Å². The average molecular weight is 521 g/mol. The number of halogens is 3. The number of aromatic hydroxyl groups is 1. The number of rotatable bonds is 4. The molecule has 5 rings (SSSR count). The lowest BCUT2D eigenvalue weighted by atomic mass is 10.1. The van der Waals surface area contributed by atoms with Crippen molar-refractivity contribution < 1.29 is 9.67 Å². The number of anilines is 1. The van der Waals surface area contributed by atoms with Gasteiger partial charge in [0, 0.05) is 16.2 Å². The van der Waals surface area contributed by atoms with Gasteiger partial charge in [-0.2, -0.15) is 9.13 Å². The molecule has 3 heterocycles. The van der Waals surface area contributed by atoms with Crippen LogP contribution in [0, 0.1) is 0 Å². The molecule has 0 aliphatic carbocycles. The van der Waals surface area contributed by atoms with E-state index in [1.165, 1.54) is 11.3 Å². The van der Waals surface area contributed by atoms with Crippen LogP contribution in [0.5, 0.6) is 5.88 Å². The van der Waals surface area contributed by atoms with E-state index in [-0.39, 0.29) is 23.0 Å². The fraction of sp³-hybridized carbons (Fsp3) is 0.174. The normalized spacial score (nSPS) is 15.2. The van der Waals surface area contributed by atoms with Crippen molar-refractivity contribution >= 4 is 52.1 Å². The molecule has 1 atom stereocenters. The second kappa shape index (κ2) is 8.65. The van der Waals surface area contributed by atoms with Gasteiger partial charge in [-0.1, -0.05) is 65.1 Å². The summed E-state index contributed by atoms with van der Waals surface area (Å²) in [6, 6.07) is 14.3. The van der Waals surface area contributed by atoms with Gasteiger partial charge in [-0.25, -0.2) is 9.78 Å². The molecule has 1 aliphatic rings. The summed E-state index contributed by atoms with van der Waals surface area (Å²) in [6.07, 6.45) is 1.70. The van der Waals surface area contributed by atoms with Crippen LogP contribution in [0.3, 0.4) is 0 Å². The molecule has 0 bridgehead atoms. The maximum Gasteiger partial charge on any atom is 0.366 e. The molecular formula is C23H18Cl3N4O2S+. The van der Waals surface area contributed by atoms with E-state index in [1.54, 1.807) is 33.5 Å². The van der Waals surface area contributed by atoms with Crippen LogP contribution in [0.15, 0.2) is 59.5 Å². The van der Waals surface area contributed by atoms with Gasteiger partial charge in [0.15, 0.2) is 10.5 Å². The lowest BCUT2D eigenvalue weighted by molar-refractivity contribution is -0.692. The third kappa shape index (κ3) is 3.99. The Morgan fingerprint density at radius 3 is 2.48 bits per heavy atom. The van der Waals surface area contributed by atoms with E-state index < -0.39 is 0 Å². The molecule has 1 N–H and O–H groups in total. The highest BCUT2D eigenvalue weighted by Crippen LogP contribution is 2.40. The van der Waals surface area contributed by atoms with Crippen LogP contribution in [0.4, 0.5) is 5.95 Å². The summed E-state index contributed by atoms with van der Waals surface area (Å²) in [6.45, 7) is 0.872. The van der Waals surface area contributed by atoms with Gasteiger partial charge in [-0.15, -0.1) is 11.3 Å². The largest absolute Gasteiger partial charge is 0.483 e. The van der Waals surface area contributed by atoms with E-state index in [0.29, 0.717) is 39.1 Å². The van der Waals surface area contributed by atoms with Gasteiger partial charge < -0.3 is 5.11 Å². The highest BCUT2D eigenvalue weighted by atomic mass is 35.5. The summed E-state index contributed by atoms with van der Waals surface area (Å²) in [4.78, 5) is 20.8. The molecule has 168 valence electrons. The minimum Gasteiger partial charge on any atom is -0.483 e. The van der Waals surface area contributed by atoms with E-state index in [9.17, 15) is 9.90 Å². The van der Waals surface area contributed by atoms with Gasteiger partial charge in [0.05, 0.1) is 11.9 Å². The molecule has 0 radical (unpaired) electrons. The average Bonchev–Trinajstić information content (AvgIpc) is 3.34. The number of hydrogen-bond donors (Lipinski definition) is 1. The topological polar surface area (TPSA) is 62.2 Å². The van der Waals surface area contributed by atoms with Crippen molar-refractivity contribution in [2.75, 3.05) is 18.5 Å². The summed E-state index contributed by atoms with van der Waals surface area (Å²) in [5.74, 6) is 0.435. The number of thiazole rings is 1. The maximum atomic E-state index is 13.8. The van der Waals surface area contributed by atoms with Crippen molar-refractivity contribution in [2.24, 2.45) is 0 Å². The molecular weight excluding hydrogens is 503 g/mol. The van der Waals surface area contributed by atoms with E-state index in [4.69, 9.17) is 34.8 Å². The van der Waals surface area contributed by atoms with Crippen LogP contribution in [0.1, 0.15) is 16.5 Å². The predicted octanol–water partition coefficient (Wildman–Crippen LogP) is 5.01. The molecule has 0 saturated heterocycles. The SMILES string of the molecule is CN1CC(c2cnc(Cl)s2)n2c(O)c(-c3cc(Cl)cc(Cl)c3)c(=O)[n+](Cc3ccccc3)c21. The Morgan fingerprint density at radius 1 is 1.15 bits per heavy atom. The Morgan fingerprint density at radius 2 is 1.85 bits per heavy atom. The van der Waals surface area contributed by atoms with Crippen LogP contribution in [-0.4, -0.2) is 28.3 Å². The first kappa shape index (κ1) is 22.2. The van der Waals surface area contributed by atoms with Crippen LogP contribution < -0.4 is 15.0 Å². The zero-order valence-electron chi connectivity index (χ0n) is 17.4. The van der Waals surface area contributed by atoms with Crippen LogP contribution in [-0.2, 0) is 6.54 Å². The van der Waals surface area contributed by atoms with E-state index >= 15 is 0 Å².